The van der Waals surface area contributed by atoms with Crippen LogP contribution in [0.25, 0.3) is 0 Å². The van der Waals surface area contributed by atoms with Crippen LogP contribution in [0.15, 0.2) is 78.9 Å². The minimum Gasteiger partial charge on any atom is -0.457 e. The zero-order valence-electron chi connectivity index (χ0n) is 26.2. The fourth-order valence-corrected chi connectivity index (χ4v) is 4.45. The molecule has 13 heteroatoms. The minimum atomic E-state index is -4.55. The molecule has 4 N–H and O–H groups in total. The van der Waals surface area contributed by atoms with Crippen LogP contribution in [-0.4, -0.2) is 47.4 Å². The first kappa shape index (κ1) is 36.6. The Morgan fingerprint density at radius 3 is 2.15 bits per heavy atom. The molecule has 0 aliphatic rings. The highest BCUT2D eigenvalue weighted by molar-refractivity contribution is 6.38. The first-order valence-corrected chi connectivity index (χ1v) is 15.0. The molecular formula is C34H38F3N3O7. The van der Waals surface area contributed by atoms with Gasteiger partial charge in [0.25, 0.3) is 5.91 Å². The van der Waals surface area contributed by atoms with Crippen molar-refractivity contribution in [2.24, 2.45) is 5.92 Å². The van der Waals surface area contributed by atoms with Crippen molar-refractivity contribution in [2.75, 3.05) is 6.54 Å². The number of ether oxygens (including phenoxy) is 2. The maximum absolute atomic E-state index is 13.1. The summed E-state index contributed by atoms with van der Waals surface area (Å²) < 4.78 is 49.8. The molecule has 47 heavy (non-hydrogen) atoms. The smallest absolute Gasteiger partial charge is 0.416 e. The van der Waals surface area contributed by atoms with Gasteiger partial charge >= 0.3 is 12.3 Å². The molecule has 252 valence electrons. The molecule has 0 saturated heterocycles. The average Bonchev–Trinajstić information content (AvgIpc) is 3.04. The summed E-state index contributed by atoms with van der Waals surface area (Å²) in [6.45, 7) is 4.92. The third-order valence-electron chi connectivity index (χ3n) is 6.89. The number of aliphatic hydroxyl groups excluding tert-OH is 1. The molecule has 0 radical (unpaired) electrons. The Bertz CT molecular complexity index is 1520. The number of aliphatic hydroxyl groups is 1. The Morgan fingerprint density at radius 1 is 0.851 bits per heavy atom. The van der Waals surface area contributed by atoms with E-state index in [0.29, 0.717) is 0 Å². The molecular weight excluding hydrogens is 619 g/mol. The predicted octanol–water partition coefficient (Wildman–Crippen LogP) is 5.45. The fourth-order valence-electron chi connectivity index (χ4n) is 4.45. The van der Waals surface area contributed by atoms with Crippen LogP contribution in [0.1, 0.15) is 56.4 Å². The molecule has 3 aromatic carbocycles. The lowest BCUT2D eigenvalue weighted by Crippen LogP contribution is -2.54. The van der Waals surface area contributed by atoms with Crippen molar-refractivity contribution < 1.29 is 46.9 Å². The number of nitrogens with one attached hydrogen (secondary N) is 3. The lowest BCUT2D eigenvalue weighted by atomic mass is 10.0. The number of ketones is 1. The molecule has 0 bridgehead atoms. The van der Waals surface area contributed by atoms with Gasteiger partial charge in [0.2, 0.25) is 11.7 Å². The van der Waals surface area contributed by atoms with Gasteiger partial charge < -0.3 is 30.5 Å². The van der Waals surface area contributed by atoms with Crippen LogP contribution < -0.4 is 20.7 Å². The van der Waals surface area contributed by atoms with Crippen LogP contribution in [0.3, 0.4) is 0 Å². The minimum absolute atomic E-state index is 0.00205. The number of amides is 3. The van der Waals surface area contributed by atoms with Gasteiger partial charge in [-0.15, -0.1) is 0 Å². The first-order valence-electron chi connectivity index (χ1n) is 15.0. The van der Waals surface area contributed by atoms with Crippen LogP contribution in [0.5, 0.6) is 11.5 Å². The van der Waals surface area contributed by atoms with E-state index in [-0.39, 0.29) is 49.0 Å². The maximum atomic E-state index is 13.1. The Morgan fingerprint density at radius 2 is 1.51 bits per heavy atom. The van der Waals surface area contributed by atoms with E-state index in [1.807, 2.05) is 19.9 Å². The van der Waals surface area contributed by atoms with E-state index < -0.39 is 53.6 Å². The number of hydrogen-bond donors (Lipinski definition) is 4. The van der Waals surface area contributed by atoms with Gasteiger partial charge in [-0.05, 0) is 60.2 Å². The van der Waals surface area contributed by atoms with Gasteiger partial charge in [0, 0.05) is 6.54 Å². The number of alkyl halides is 3. The van der Waals surface area contributed by atoms with E-state index in [1.165, 1.54) is 36.4 Å². The summed E-state index contributed by atoms with van der Waals surface area (Å²) in [5.41, 5.74) is 0.147. The lowest BCUT2D eigenvalue weighted by molar-refractivity contribution is -0.140. The second kappa shape index (κ2) is 17.1. The molecule has 3 rings (SSSR count). The highest BCUT2D eigenvalue weighted by Gasteiger charge is 2.31. The summed E-state index contributed by atoms with van der Waals surface area (Å²) in [7, 11) is 0. The van der Waals surface area contributed by atoms with Crippen molar-refractivity contribution >= 4 is 23.7 Å². The number of halogens is 3. The van der Waals surface area contributed by atoms with E-state index in [0.717, 1.165) is 17.7 Å². The quantitative estimate of drug-likeness (QED) is 0.159. The van der Waals surface area contributed by atoms with Crippen molar-refractivity contribution in [2.45, 2.75) is 64.6 Å². The molecule has 0 fully saturated rings. The third-order valence-corrected chi connectivity index (χ3v) is 6.89. The predicted molar refractivity (Wildman–Crippen MR) is 166 cm³/mol. The van der Waals surface area contributed by atoms with Crippen LogP contribution in [0, 0.1) is 5.92 Å². The second-order valence-electron chi connectivity index (χ2n) is 11.1. The van der Waals surface area contributed by atoms with Crippen LogP contribution in [-0.2, 0) is 31.9 Å². The summed E-state index contributed by atoms with van der Waals surface area (Å²) in [4.78, 5) is 51.1. The highest BCUT2D eigenvalue weighted by Crippen LogP contribution is 2.33. The molecule has 10 nitrogen and oxygen atoms in total. The molecule has 0 heterocycles. The van der Waals surface area contributed by atoms with Gasteiger partial charge in [0.15, 0.2) is 0 Å². The monoisotopic (exact) mass is 657 g/mol. The Hall–Kier alpha value is -4.91. The summed E-state index contributed by atoms with van der Waals surface area (Å²) in [6.07, 6.45) is -6.34. The zero-order valence-corrected chi connectivity index (χ0v) is 26.2. The van der Waals surface area contributed by atoms with E-state index in [2.05, 4.69) is 16.0 Å². The van der Waals surface area contributed by atoms with Gasteiger partial charge in [-0.25, -0.2) is 4.79 Å². The Kier molecular flexibility index (Phi) is 13.3. The number of alkyl carbamates (subject to hydrolysis) is 1. The van der Waals surface area contributed by atoms with E-state index in [4.69, 9.17) is 9.47 Å². The summed E-state index contributed by atoms with van der Waals surface area (Å²) >= 11 is 0. The molecule has 0 aliphatic carbocycles. The standard InChI is InChI=1S/C34H38F3N3O7/c1-4-27(39-31(43)28(16-21(2)3)40-33(45)46-20-22-10-6-5-7-11-22)30(42)32(44)38-19-29(41)23-12-8-14-25(17-23)47-26-15-9-13-24(18-26)34(35,36)37/h5-15,17-18,21,27-29,41H,4,16,19-20H2,1-3H3,(H,38,44)(H,39,43)(H,40,45)/t27-,28-,29?/m0/s1. The number of benzene rings is 3. The molecule has 0 aromatic heterocycles. The molecule has 3 amide bonds. The van der Waals surface area contributed by atoms with Gasteiger partial charge in [-0.1, -0.05) is 69.3 Å². The van der Waals surface area contributed by atoms with E-state index in [9.17, 15) is 37.5 Å². The summed E-state index contributed by atoms with van der Waals surface area (Å²) in [5.74, 6) is -2.60. The number of carbonyl (C=O) groups excluding carboxylic acids is 4. The number of rotatable bonds is 15. The normalized spacial score (nSPS) is 13.2. The molecule has 3 atom stereocenters. The SMILES string of the molecule is CC[C@H](NC(=O)[C@H](CC(C)C)NC(=O)OCc1ccccc1)C(=O)C(=O)NCC(O)c1cccc(Oc2cccc(C(F)(F)F)c2)c1. The second-order valence-corrected chi connectivity index (χ2v) is 11.1. The maximum Gasteiger partial charge on any atom is 0.416 e. The first-order chi connectivity index (χ1) is 22.3. The third kappa shape index (κ3) is 11.8. The number of Topliss-reactive ketones (excluding diaryl/α,β-unsaturated/α-hetero) is 1. The average molecular weight is 658 g/mol. The number of carbonyl (C=O) groups is 4. The van der Waals surface area contributed by atoms with Gasteiger partial charge in [0.1, 0.15) is 24.1 Å². The van der Waals surface area contributed by atoms with Gasteiger partial charge in [-0.3, -0.25) is 14.4 Å². The van der Waals surface area contributed by atoms with Crippen molar-refractivity contribution in [1.82, 2.24) is 16.0 Å². The topological polar surface area (TPSA) is 143 Å². The van der Waals surface area contributed by atoms with Crippen LogP contribution in [0.4, 0.5) is 18.0 Å². The van der Waals surface area contributed by atoms with Crippen molar-refractivity contribution in [3.8, 4) is 11.5 Å². The summed E-state index contributed by atoms with van der Waals surface area (Å²) in [5, 5.41) is 18.0. The number of hydrogen-bond acceptors (Lipinski definition) is 7. The zero-order chi connectivity index (χ0) is 34.6. The molecule has 3 aromatic rings. The van der Waals surface area contributed by atoms with Crippen molar-refractivity contribution in [3.05, 3.63) is 95.6 Å². The Labute approximate surface area is 270 Å². The summed E-state index contributed by atoms with van der Waals surface area (Å²) in [6, 6.07) is 17.0. The Balaban J connectivity index is 1.55. The van der Waals surface area contributed by atoms with Gasteiger partial charge in [-0.2, -0.15) is 13.2 Å². The van der Waals surface area contributed by atoms with Crippen LogP contribution in [0.2, 0.25) is 0 Å². The van der Waals surface area contributed by atoms with Gasteiger partial charge in [0.05, 0.1) is 17.7 Å². The van der Waals surface area contributed by atoms with E-state index >= 15 is 0 Å². The van der Waals surface area contributed by atoms with Crippen LogP contribution >= 0.6 is 0 Å². The molecule has 0 spiro atoms. The molecule has 0 aliphatic heterocycles. The lowest BCUT2D eigenvalue weighted by Gasteiger charge is -2.23. The highest BCUT2D eigenvalue weighted by atomic mass is 19.4. The van der Waals surface area contributed by atoms with Crippen molar-refractivity contribution in [1.29, 1.82) is 0 Å². The molecule has 0 saturated carbocycles. The largest absolute Gasteiger partial charge is 0.457 e. The fraction of sp³-hybridized carbons (Fsp3) is 0.353. The van der Waals surface area contributed by atoms with E-state index in [1.54, 1.807) is 31.2 Å². The molecule has 1 unspecified atom stereocenters. The van der Waals surface area contributed by atoms with Crippen molar-refractivity contribution in [3.63, 3.8) is 0 Å².